The molecule has 1 fully saturated rings. The van der Waals surface area contributed by atoms with E-state index in [1.807, 2.05) is 25.1 Å². The van der Waals surface area contributed by atoms with Crippen LogP contribution in [0, 0.1) is 0 Å². The third-order valence-electron chi connectivity index (χ3n) is 4.88. The van der Waals surface area contributed by atoms with Crippen LogP contribution in [-0.4, -0.2) is 56.4 Å². The molecule has 0 aromatic heterocycles. The number of hydrogen-bond acceptors (Lipinski definition) is 4. The Balaban J connectivity index is 2.48. The molecule has 0 radical (unpaired) electrons. The fraction of sp³-hybridized carbons (Fsp3) is 0.421. The lowest BCUT2D eigenvalue weighted by Gasteiger charge is -2.27. The van der Waals surface area contributed by atoms with E-state index in [4.69, 9.17) is 0 Å². The number of hydrogen-bond donors (Lipinski definition) is 3. The number of nitrogens with zero attached hydrogens (tertiary/aromatic N) is 1. The Morgan fingerprint density at radius 3 is 2.69 bits per heavy atom. The molecule has 3 N–H and O–H groups in total. The summed E-state index contributed by atoms with van der Waals surface area (Å²) in [5.41, 5.74) is 1.99. The molecule has 7 nitrogen and oxygen atoms in total. The van der Waals surface area contributed by atoms with Crippen molar-refractivity contribution < 1.29 is 14.4 Å². The highest BCUT2D eigenvalue weighted by molar-refractivity contribution is 5.89. The van der Waals surface area contributed by atoms with Gasteiger partial charge in [0.05, 0.1) is 6.54 Å². The monoisotopic (exact) mass is 358 g/mol. The highest BCUT2D eigenvalue weighted by Gasteiger charge is 2.47. The third kappa shape index (κ3) is 3.77. The maximum atomic E-state index is 12.5. The minimum absolute atomic E-state index is 0.130. The summed E-state index contributed by atoms with van der Waals surface area (Å²) >= 11 is 0. The number of nitrogens with one attached hydrogen (secondary N) is 3. The van der Waals surface area contributed by atoms with Crippen LogP contribution in [0.25, 0.3) is 6.08 Å². The Morgan fingerprint density at radius 2 is 2.12 bits per heavy atom. The van der Waals surface area contributed by atoms with Gasteiger partial charge >= 0.3 is 0 Å². The molecule has 1 saturated heterocycles. The highest BCUT2D eigenvalue weighted by atomic mass is 16.2. The molecule has 2 atom stereocenters. The number of anilines is 1. The third-order valence-corrected chi connectivity index (χ3v) is 4.88. The molecule has 2 rings (SSSR count). The molecule has 7 heteroatoms. The first-order valence-electron chi connectivity index (χ1n) is 8.53. The van der Waals surface area contributed by atoms with Gasteiger partial charge < -0.3 is 20.9 Å². The van der Waals surface area contributed by atoms with Gasteiger partial charge in [-0.15, -0.1) is 0 Å². The molecule has 1 aromatic rings. The van der Waals surface area contributed by atoms with Gasteiger partial charge in [-0.25, -0.2) is 0 Å². The summed E-state index contributed by atoms with van der Waals surface area (Å²) in [4.78, 5) is 37.5. The van der Waals surface area contributed by atoms with Crippen molar-refractivity contribution in [3.63, 3.8) is 0 Å². The van der Waals surface area contributed by atoms with Crippen LogP contribution >= 0.6 is 0 Å². The molecule has 0 saturated carbocycles. The molecular weight excluding hydrogens is 332 g/mol. The van der Waals surface area contributed by atoms with Gasteiger partial charge in [0, 0.05) is 24.7 Å². The number of carbonyl (C=O) groups excluding carboxylic acids is 3. The summed E-state index contributed by atoms with van der Waals surface area (Å²) in [6.07, 6.45) is 2.83. The topological polar surface area (TPSA) is 90.5 Å². The number of likely N-dealkylation sites (N-methyl/N-ethyl adjacent to an activating group) is 2. The van der Waals surface area contributed by atoms with Crippen LogP contribution in [0.2, 0.25) is 0 Å². The SMILES string of the molecule is C=Cc1ccc(NC=O)c([C@]2(C)CC(C(=O)NC)N(C(=O)CNC)C2)c1. The second-order valence-corrected chi connectivity index (χ2v) is 6.72. The van der Waals surface area contributed by atoms with Crippen molar-refractivity contribution in [1.82, 2.24) is 15.5 Å². The van der Waals surface area contributed by atoms with Crippen LogP contribution in [0.5, 0.6) is 0 Å². The predicted octanol–water partition coefficient (Wildman–Crippen LogP) is 0.722. The van der Waals surface area contributed by atoms with Crippen molar-refractivity contribution in [3.05, 3.63) is 35.9 Å². The summed E-state index contributed by atoms with van der Waals surface area (Å²) < 4.78 is 0. The second-order valence-electron chi connectivity index (χ2n) is 6.72. The molecule has 1 aliphatic rings. The minimum atomic E-state index is -0.553. The van der Waals surface area contributed by atoms with Crippen LogP contribution in [0.3, 0.4) is 0 Å². The predicted molar refractivity (Wildman–Crippen MR) is 102 cm³/mol. The van der Waals surface area contributed by atoms with E-state index in [-0.39, 0.29) is 18.4 Å². The Labute approximate surface area is 153 Å². The van der Waals surface area contributed by atoms with Crippen molar-refractivity contribution >= 4 is 30.0 Å². The van der Waals surface area contributed by atoms with Crippen molar-refractivity contribution in [1.29, 1.82) is 0 Å². The van der Waals surface area contributed by atoms with Gasteiger partial charge in [0.25, 0.3) is 0 Å². The number of likely N-dealkylation sites (tertiary alicyclic amines) is 1. The van der Waals surface area contributed by atoms with E-state index in [2.05, 4.69) is 22.5 Å². The van der Waals surface area contributed by atoms with Crippen LogP contribution in [0.4, 0.5) is 5.69 Å². The molecule has 0 spiro atoms. The molecule has 1 aliphatic heterocycles. The molecule has 0 bridgehead atoms. The number of carbonyl (C=O) groups is 3. The van der Waals surface area contributed by atoms with Crippen LogP contribution < -0.4 is 16.0 Å². The molecule has 1 aromatic carbocycles. The van der Waals surface area contributed by atoms with Crippen molar-refractivity contribution in [3.8, 4) is 0 Å². The average molecular weight is 358 g/mol. The zero-order valence-corrected chi connectivity index (χ0v) is 15.5. The molecule has 0 aliphatic carbocycles. The summed E-state index contributed by atoms with van der Waals surface area (Å²) in [5, 5.41) is 8.21. The lowest BCUT2D eigenvalue weighted by molar-refractivity contribution is -0.137. The standard InChI is InChI=1S/C19H26N4O3/c1-5-13-6-7-15(22-12-24)14(8-13)19(2)9-16(18(26)21-4)23(11-19)17(25)10-20-3/h5-8,12,16,20H,1,9-11H2,2-4H3,(H,21,26)(H,22,24)/t16?,19-/m1/s1. The zero-order chi connectivity index (χ0) is 19.3. The van der Waals surface area contributed by atoms with Gasteiger partial charge in [-0.1, -0.05) is 25.6 Å². The lowest BCUT2D eigenvalue weighted by Crippen LogP contribution is -2.47. The zero-order valence-electron chi connectivity index (χ0n) is 15.5. The number of rotatable bonds is 7. The van der Waals surface area contributed by atoms with Gasteiger partial charge in [-0.2, -0.15) is 0 Å². The van der Waals surface area contributed by atoms with E-state index in [9.17, 15) is 14.4 Å². The van der Waals surface area contributed by atoms with Gasteiger partial charge in [-0.3, -0.25) is 14.4 Å². The van der Waals surface area contributed by atoms with Gasteiger partial charge in [0.15, 0.2) is 0 Å². The fourth-order valence-corrected chi connectivity index (χ4v) is 3.58. The van der Waals surface area contributed by atoms with E-state index in [1.165, 1.54) is 0 Å². The van der Waals surface area contributed by atoms with Gasteiger partial charge in [0.2, 0.25) is 18.2 Å². The molecule has 3 amide bonds. The van der Waals surface area contributed by atoms with Gasteiger partial charge in [-0.05, 0) is 36.7 Å². The molecular formula is C19H26N4O3. The Kier molecular flexibility index (Phi) is 6.15. The maximum absolute atomic E-state index is 12.5. The van der Waals surface area contributed by atoms with Crippen LogP contribution in [0.1, 0.15) is 24.5 Å². The van der Waals surface area contributed by atoms with E-state index < -0.39 is 11.5 Å². The Bertz CT molecular complexity index is 719. The molecule has 26 heavy (non-hydrogen) atoms. The number of benzene rings is 1. The molecule has 1 unspecified atom stereocenters. The van der Waals surface area contributed by atoms with Crippen molar-refractivity contribution in [2.24, 2.45) is 0 Å². The number of amides is 3. The summed E-state index contributed by atoms with van der Waals surface area (Å²) in [7, 11) is 3.26. The van der Waals surface area contributed by atoms with Gasteiger partial charge in [0.1, 0.15) is 6.04 Å². The molecule has 1 heterocycles. The average Bonchev–Trinajstić information content (AvgIpc) is 3.01. The van der Waals surface area contributed by atoms with E-state index in [0.717, 1.165) is 11.1 Å². The quantitative estimate of drug-likeness (QED) is 0.627. The lowest BCUT2D eigenvalue weighted by atomic mass is 9.78. The van der Waals surface area contributed by atoms with E-state index in [1.54, 1.807) is 25.1 Å². The van der Waals surface area contributed by atoms with E-state index >= 15 is 0 Å². The van der Waals surface area contributed by atoms with Crippen molar-refractivity contribution in [2.45, 2.75) is 24.8 Å². The first-order valence-corrected chi connectivity index (χ1v) is 8.53. The fourth-order valence-electron chi connectivity index (χ4n) is 3.58. The minimum Gasteiger partial charge on any atom is -0.357 e. The van der Waals surface area contributed by atoms with Crippen LogP contribution in [-0.2, 0) is 19.8 Å². The maximum Gasteiger partial charge on any atom is 0.242 e. The Hall–Kier alpha value is -2.67. The summed E-state index contributed by atoms with van der Waals surface area (Å²) in [6, 6.07) is 5.08. The first-order chi connectivity index (χ1) is 12.4. The van der Waals surface area contributed by atoms with Crippen molar-refractivity contribution in [2.75, 3.05) is 32.5 Å². The highest BCUT2D eigenvalue weighted by Crippen LogP contribution is 2.41. The Morgan fingerprint density at radius 1 is 1.38 bits per heavy atom. The van der Waals surface area contributed by atoms with E-state index in [0.29, 0.717) is 25.1 Å². The second kappa shape index (κ2) is 8.14. The summed E-state index contributed by atoms with van der Waals surface area (Å²) in [5.74, 6) is -0.322. The van der Waals surface area contributed by atoms with Crippen LogP contribution in [0.15, 0.2) is 24.8 Å². The smallest absolute Gasteiger partial charge is 0.242 e. The first kappa shape index (κ1) is 19.7. The molecule has 140 valence electrons. The largest absolute Gasteiger partial charge is 0.357 e. The summed E-state index contributed by atoms with van der Waals surface area (Å²) in [6.45, 7) is 6.35. The normalized spacial score (nSPS) is 22.0.